The van der Waals surface area contributed by atoms with Crippen LogP contribution in [0, 0.1) is 17.2 Å². The van der Waals surface area contributed by atoms with E-state index < -0.39 is 0 Å². The standard InChI is InChI=1S/C17H16N6O/c1-11(2)15(21-14-6-5-12(8-18)9-20-14)17-22-16(23-24-17)13-4-3-7-19-10-13/h3-7,9-11,15H,1-2H3,(H,20,21). The third kappa shape index (κ3) is 3.38. The molecular formula is C17H16N6O. The van der Waals surface area contributed by atoms with Crippen molar-refractivity contribution >= 4 is 5.82 Å². The molecule has 1 N–H and O–H groups in total. The van der Waals surface area contributed by atoms with Gasteiger partial charge in [0.1, 0.15) is 17.9 Å². The number of anilines is 1. The van der Waals surface area contributed by atoms with Gasteiger partial charge in [0.2, 0.25) is 11.7 Å². The van der Waals surface area contributed by atoms with Gasteiger partial charge in [-0.15, -0.1) is 0 Å². The van der Waals surface area contributed by atoms with E-state index in [1.165, 1.54) is 6.20 Å². The summed E-state index contributed by atoms with van der Waals surface area (Å²) < 4.78 is 5.43. The molecule has 1 unspecified atom stereocenters. The number of hydrogen-bond donors (Lipinski definition) is 1. The molecule has 0 amide bonds. The molecule has 3 rings (SSSR count). The molecular weight excluding hydrogens is 304 g/mol. The van der Waals surface area contributed by atoms with E-state index in [2.05, 4.69) is 39.3 Å². The molecule has 3 aromatic rings. The Kier molecular flexibility index (Phi) is 4.47. The van der Waals surface area contributed by atoms with Crippen molar-refractivity contribution in [3.63, 3.8) is 0 Å². The van der Waals surface area contributed by atoms with Gasteiger partial charge in [-0.25, -0.2) is 4.98 Å². The van der Waals surface area contributed by atoms with Gasteiger partial charge < -0.3 is 9.84 Å². The van der Waals surface area contributed by atoms with Gasteiger partial charge in [-0.2, -0.15) is 10.2 Å². The van der Waals surface area contributed by atoms with Crippen molar-refractivity contribution < 1.29 is 4.52 Å². The Morgan fingerprint density at radius 3 is 2.71 bits per heavy atom. The summed E-state index contributed by atoms with van der Waals surface area (Å²) in [6, 6.07) is 9.02. The molecule has 0 saturated heterocycles. The molecule has 0 fully saturated rings. The molecule has 7 heteroatoms. The van der Waals surface area contributed by atoms with Crippen LogP contribution < -0.4 is 5.32 Å². The lowest BCUT2D eigenvalue weighted by Crippen LogP contribution is -2.18. The molecule has 0 aliphatic carbocycles. The minimum atomic E-state index is -0.191. The van der Waals surface area contributed by atoms with Crippen LogP contribution in [0.25, 0.3) is 11.4 Å². The van der Waals surface area contributed by atoms with E-state index in [1.54, 1.807) is 24.5 Å². The van der Waals surface area contributed by atoms with E-state index in [0.29, 0.717) is 23.1 Å². The third-order valence-electron chi connectivity index (χ3n) is 3.49. The summed E-state index contributed by atoms with van der Waals surface area (Å²) in [7, 11) is 0. The van der Waals surface area contributed by atoms with E-state index >= 15 is 0 Å². The fraction of sp³-hybridized carbons (Fsp3) is 0.235. The normalized spacial score (nSPS) is 11.9. The van der Waals surface area contributed by atoms with E-state index in [0.717, 1.165) is 5.56 Å². The third-order valence-corrected chi connectivity index (χ3v) is 3.49. The van der Waals surface area contributed by atoms with Crippen molar-refractivity contribution in [2.24, 2.45) is 5.92 Å². The Bertz CT molecular complexity index is 836. The van der Waals surface area contributed by atoms with Crippen LogP contribution in [-0.4, -0.2) is 20.1 Å². The molecule has 0 spiro atoms. The average Bonchev–Trinajstić information content (AvgIpc) is 3.10. The highest BCUT2D eigenvalue weighted by molar-refractivity contribution is 5.52. The molecule has 0 saturated carbocycles. The molecule has 0 aromatic carbocycles. The lowest BCUT2D eigenvalue weighted by Gasteiger charge is -2.18. The first kappa shape index (κ1) is 15.6. The van der Waals surface area contributed by atoms with Crippen molar-refractivity contribution in [1.82, 2.24) is 20.1 Å². The second-order valence-electron chi connectivity index (χ2n) is 5.61. The first-order valence-corrected chi connectivity index (χ1v) is 7.54. The second kappa shape index (κ2) is 6.87. The van der Waals surface area contributed by atoms with Crippen LogP contribution in [0.3, 0.4) is 0 Å². The Balaban J connectivity index is 1.83. The lowest BCUT2D eigenvalue weighted by molar-refractivity contribution is 0.335. The second-order valence-corrected chi connectivity index (χ2v) is 5.61. The molecule has 0 bridgehead atoms. The van der Waals surface area contributed by atoms with Crippen LogP contribution in [0.1, 0.15) is 31.3 Å². The molecule has 120 valence electrons. The Morgan fingerprint density at radius 1 is 1.21 bits per heavy atom. The summed E-state index contributed by atoms with van der Waals surface area (Å²) in [5.41, 5.74) is 1.31. The van der Waals surface area contributed by atoms with Gasteiger partial charge in [0.05, 0.1) is 5.56 Å². The van der Waals surface area contributed by atoms with Crippen LogP contribution in [0.5, 0.6) is 0 Å². The highest BCUT2D eigenvalue weighted by atomic mass is 16.5. The molecule has 24 heavy (non-hydrogen) atoms. The first-order valence-electron chi connectivity index (χ1n) is 7.54. The first-order chi connectivity index (χ1) is 11.7. The zero-order valence-corrected chi connectivity index (χ0v) is 13.3. The van der Waals surface area contributed by atoms with Gasteiger partial charge >= 0.3 is 0 Å². The van der Waals surface area contributed by atoms with Crippen LogP contribution in [-0.2, 0) is 0 Å². The molecule has 0 aliphatic heterocycles. The van der Waals surface area contributed by atoms with Gasteiger partial charge in [0.15, 0.2) is 0 Å². The lowest BCUT2D eigenvalue weighted by atomic mass is 10.0. The fourth-order valence-corrected chi connectivity index (χ4v) is 2.19. The van der Waals surface area contributed by atoms with Gasteiger partial charge in [-0.1, -0.05) is 19.0 Å². The molecule has 0 aliphatic rings. The summed E-state index contributed by atoms with van der Waals surface area (Å²) in [6.07, 6.45) is 4.91. The van der Waals surface area contributed by atoms with Crippen LogP contribution in [0.15, 0.2) is 47.4 Å². The van der Waals surface area contributed by atoms with E-state index in [1.807, 2.05) is 18.2 Å². The zero-order chi connectivity index (χ0) is 16.9. The number of pyridine rings is 2. The highest BCUT2D eigenvalue weighted by Gasteiger charge is 2.23. The molecule has 3 heterocycles. The largest absolute Gasteiger partial charge is 0.358 e. The predicted octanol–water partition coefficient (Wildman–Crippen LogP) is 3.21. The summed E-state index contributed by atoms with van der Waals surface area (Å²) in [5.74, 6) is 1.83. The van der Waals surface area contributed by atoms with Gasteiger partial charge in [-0.3, -0.25) is 4.98 Å². The molecule has 7 nitrogen and oxygen atoms in total. The van der Waals surface area contributed by atoms with Crippen LogP contribution >= 0.6 is 0 Å². The minimum absolute atomic E-state index is 0.191. The maximum Gasteiger partial charge on any atom is 0.249 e. The molecule has 3 aromatic heterocycles. The smallest absolute Gasteiger partial charge is 0.249 e. The number of nitrogens with zero attached hydrogens (tertiary/aromatic N) is 5. The van der Waals surface area contributed by atoms with Gasteiger partial charge in [0.25, 0.3) is 0 Å². The van der Waals surface area contributed by atoms with Crippen molar-refractivity contribution in [3.8, 4) is 17.5 Å². The SMILES string of the molecule is CC(C)C(Nc1ccc(C#N)cn1)c1nc(-c2cccnc2)no1. The fourth-order valence-electron chi connectivity index (χ4n) is 2.19. The van der Waals surface area contributed by atoms with E-state index in [-0.39, 0.29) is 12.0 Å². The summed E-state index contributed by atoms with van der Waals surface area (Å²) in [6.45, 7) is 4.10. The monoisotopic (exact) mass is 320 g/mol. The summed E-state index contributed by atoms with van der Waals surface area (Å²) in [5, 5.41) is 16.1. The van der Waals surface area contributed by atoms with Gasteiger partial charge in [0, 0.05) is 24.2 Å². The quantitative estimate of drug-likeness (QED) is 0.770. The molecule has 1 atom stereocenters. The summed E-state index contributed by atoms with van der Waals surface area (Å²) >= 11 is 0. The number of nitriles is 1. The predicted molar refractivity (Wildman–Crippen MR) is 87.7 cm³/mol. The number of hydrogen-bond acceptors (Lipinski definition) is 7. The number of rotatable bonds is 5. The highest BCUT2D eigenvalue weighted by Crippen LogP contribution is 2.26. The number of aromatic nitrogens is 4. The van der Waals surface area contributed by atoms with Crippen molar-refractivity contribution in [1.29, 1.82) is 5.26 Å². The topological polar surface area (TPSA) is 101 Å². The average molecular weight is 320 g/mol. The zero-order valence-electron chi connectivity index (χ0n) is 13.3. The van der Waals surface area contributed by atoms with E-state index in [9.17, 15) is 0 Å². The maximum absolute atomic E-state index is 8.84. The van der Waals surface area contributed by atoms with Crippen molar-refractivity contribution in [2.45, 2.75) is 19.9 Å². The summed E-state index contributed by atoms with van der Waals surface area (Å²) in [4.78, 5) is 12.8. The Labute approximate surface area is 139 Å². The van der Waals surface area contributed by atoms with Crippen molar-refractivity contribution in [2.75, 3.05) is 5.32 Å². The molecule has 0 radical (unpaired) electrons. The Hall–Kier alpha value is -3.27. The van der Waals surface area contributed by atoms with Crippen molar-refractivity contribution in [3.05, 3.63) is 54.3 Å². The van der Waals surface area contributed by atoms with Crippen LogP contribution in [0.2, 0.25) is 0 Å². The van der Waals surface area contributed by atoms with E-state index in [4.69, 9.17) is 9.78 Å². The Morgan fingerprint density at radius 2 is 2.08 bits per heavy atom. The van der Waals surface area contributed by atoms with Crippen LogP contribution in [0.4, 0.5) is 5.82 Å². The number of nitrogens with one attached hydrogen (secondary N) is 1. The minimum Gasteiger partial charge on any atom is -0.358 e. The maximum atomic E-state index is 8.84. The van der Waals surface area contributed by atoms with Gasteiger partial charge in [-0.05, 0) is 30.2 Å².